The highest BCUT2D eigenvalue weighted by atomic mass is 35.5. The Morgan fingerprint density at radius 3 is 2.68 bits per heavy atom. The lowest BCUT2D eigenvalue weighted by Gasteiger charge is -2.28. The van der Waals surface area contributed by atoms with Crippen molar-refractivity contribution < 1.29 is 14.3 Å². The molecule has 0 spiro atoms. The van der Waals surface area contributed by atoms with Gasteiger partial charge in [0.15, 0.2) is 0 Å². The Morgan fingerprint density at radius 1 is 1.45 bits per heavy atom. The molecule has 7 heteroatoms. The Labute approximate surface area is 142 Å². The molecule has 5 nitrogen and oxygen atoms in total. The molecule has 1 heterocycles. The molecular formula is C15H22Cl2N2O3. The van der Waals surface area contributed by atoms with Crippen LogP contribution in [0.25, 0.3) is 0 Å². The molecule has 1 aromatic carbocycles. The van der Waals surface area contributed by atoms with E-state index >= 15 is 0 Å². The number of hydrogen-bond donors (Lipinski definition) is 2. The summed E-state index contributed by atoms with van der Waals surface area (Å²) in [5.41, 5.74) is 0.970. The first-order chi connectivity index (χ1) is 10.1. The van der Waals surface area contributed by atoms with Gasteiger partial charge in [-0.1, -0.05) is 23.7 Å². The number of carbonyl (C=O) groups is 1. The molecule has 1 aliphatic heterocycles. The van der Waals surface area contributed by atoms with Crippen molar-refractivity contribution in [3.8, 4) is 0 Å². The van der Waals surface area contributed by atoms with Crippen LogP contribution in [0.15, 0.2) is 24.3 Å². The summed E-state index contributed by atoms with van der Waals surface area (Å²) in [7, 11) is 1.63. The predicted octanol–water partition coefficient (Wildman–Crippen LogP) is 1.94. The molecule has 2 N–H and O–H groups in total. The van der Waals surface area contributed by atoms with Gasteiger partial charge in [-0.2, -0.15) is 0 Å². The number of hydrogen-bond acceptors (Lipinski definition) is 4. The van der Waals surface area contributed by atoms with Crippen LogP contribution in [-0.2, 0) is 14.3 Å². The van der Waals surface area contributed by atoms with E-state index in [9.17, 15) is 4.79 Å². The average molecular weight is 349 g/mol. The Balaban J connectivity index is 0.00000242. The molecule has 1 fully saturated rings. The van der Waals surface area contributed by atoms with Gasteiger partial charge in [0.25, 0.3) is 5.91 Å². The Hall–Kier alpha value is -0.850. The van der Waals surface area contributed by atoms with E-state index in [0.717, 1.165) is 12.1 Å². The zero-order chi connectivity index (χ0) is 15.2. The molecule has 1 amide bonds. The van der Waals surface area contributed by atoms with Crippen LogP contribution in [0.3, 0.4) is 0 Å². The van der Waals surface area contributed by atoms with Crippen LogP contribution < -0.4 is 10.6 Å². The van der Waals surface area contributed by atoms with Crippen LogP contribution in [0.5, 0.6) is 0 Å². The quantitative estimate of drug-likeness (QED) is 0.853. The predicted molar refractivity (Wildman–Crippen MR) is 88.7 cm³/mol. The number of rotatable bonds is 5. The van der Waals surface area contributed by atoms with Crippen molar-refractivity contribution >= 4 is 29.9 Å². The molecular weight excluding hydrogens is 327 g/mol. The van der Waals surface area contributed by atoms with Crippen LogP contribution in [0.2, 0.25) is 5.02 Å². The molecule has 0 aromatic heterocycles. The summed E-state index contributed by atoms with van der Waals surface area (Å²) in [6.45, 7) is 3.79. The first kappa shape index (κ1) is 19.2. The summed E-state index contributed by atoms with van der Waals surface area (Å²) in [6, 6.07) is 7.25. The maximum atomic E-state index is 12.2. The van der Waals surface area contributed by atoms with E-state index in [1.807, 2.05) is 31.2 Å². The fraction of sp³-hybridized carbons (Fsp3) is 0.533. The van der Waals surface area contributed by atoms with Crippen LogP contribution in [0, 0.1) is 0 Å². The summed E-state index contributed by atoms with van der Waals surface area (Å²) in [5.74, 6) is -0.120. The minimum absolute atomic E-state index is 0. The van der Waals surface area contributed by atoms with Crippen LogP contribution in [0.1, 0.15) is 18.6 Å². The van der Waals surface area contributed by atoms with Crippen molar-refractivity contribution in [2.75, 3.05) is 26.8 Å². The second-order valence-corrected chi connectivity index (χ2v) is 5.51. The number of halogens is 2. The van der Waals surface area contributed by atoms with E-state index in [4.69, 9.17) is 21.1 Å². The molecule has 22 heavy (non-hydrogen) atoms. The minimum Gasteiger partial charge on any atom is -0.375 e. The molecule has 3 unspecified atom stereocenters. The normalized spacial score (nSPS) is 20.6. The number of morpholine rings is 1. The summed E-state index contributed by atoms with van der Waals surface area (Å²) >= 11 is 5.89. The first-order valence-electron chi connectivity index (χ1n) is 7.02. The number of nitrogens with one attached hydrogen (secondary N) is 2. The van der Waals surface area contributed by atoms with Crippen LogP contribution in [-0.4, -0.2) is 44.9 Å². The van der Waals surface area contributed by atoms with Crippen molar-refractivity contribution in [3.63, 3.8) is 0 Å². The molecule has 0 aliphatic carbocycles. The molecule has 1 saturated heterocycles. The zero-order valence-electron chi connectivity index (χ0n) is 12.7. The smallest absolute Gasteiger partial charge is 0.250 e. The van der Waals surface area contributed by atoms with Gasteiger partial charge < -0.3 is 20.1 Å². The molecule has 0 saturated carbocycles. The third kappa shape index (κ3) is 5.11. The summed E-state index contributed by atoms with van der Waals surface area (Å²) in [4.78, 5) is 12.2. The number of carbonyl (C=O) groups excluding carboxylic acids is 1. The van der Waals surface area contributed by atoms with Crippen molar-refractivity contribution in [3.05, 3.63) is 34.9 Å². The third-order valence-electron chi connectivity index (χ3n) is 3.50. The van der Waals surface area contributed by atoms with E-state index in [2.05, 4.69) is 10.6 Å². The van der Waals surface area contributed by atoms with Crippen molar-refractivity contribution in [2.45, 2.75) is 25.2 Å². The zero-order valence-corrected chi connectivity index (χ0v) is 14.2. The van der Waals surface area contributed by atoms with Gasteiger partial charge in [-0.3, -0.25) is 4.79 Å². The summed E-state index contributed by atoms with van der Waals surface area (Å²) in [6.07, 6.45) is -0.674. The van der Waals surface area contributed by atoms with Crippen molar-refractivity contribution in [1.82, 2.24) is 10.6 Å². The maximum absolute atomic E-state index is 12.2. The van der Waals surface area contributed by atoms with Gasteiger partial charge in [-0.15, -0.1) is 12.4 Å². The van der Waals surface area contributed by atoms with Crippen LogP contribution >= 0.6 is 24.0 Å². The average Bonchev–Trinajstić information content (AvgIpc) is 2.50. The van der Waals surface area contributed by atoms with E-state index in [0.29, 0.717) is 18.2 Å². The second kappa shape index (κ2) is 9.33. The molecule has 1 aliphatic rings. The summed E-state index contributed by atoms with van der Waals surface area (Å²) in [5, 5.41) is 6.76. The van der Waals surface area contributed by atoms with Crippen LogP contribution in [0.4, 0.5) is 0 Å². The van der Waals surface area contributed by atoms with Gasteiger partial charge in [-0.25, -0.2) is 0 Å². The van der Waals surface area contributed by atoms with Gasteiger partial charge >= 0.3 is 0 Å². The van der Waals surface area contributed by atoms with E-state index in [1.165, 1.54) is 0 Å². The minimum atomic E-state index is -0.441. The SMILES string of the molecule is COC(c1ccc(Cl)cc1)C(C)NC(=O)C1CNCCO1.Cl. The van der Waals surface area contributed by atoms with Gasteiger partial charge in [-0.05, 0) is 24.6 Å². The fourth-order valence-corrected chi connectivity index (χ4v) is 2.53. The fourth-order valence-electron chi connectivity index (χ4n) is 2.41. The molecule has 3 atom stereocenters. The van der Waals surface area contributed by atoms with Gasteiger partial charge in [0, 0.05) is 25.2 Å². The Morgan fingerprint density at radius 2 is 2.14 bits per heavy atom. The standard InChI is InChI=1S/C15H21ClN2O3.ClH/c1-10(18-15(19)13-9-17-7-8-21-13)14(20-2)11-3-5-12(16)6-4-11;/h3-6,10,13-14,17H,7-9H2,1-2H3,(H,18,19);1H. The summed E-state index contributed by atoms with van der Waals surface area (Å²) < 4.78 is 11.0. The molecule has 0 bridgehead atoms. The molecule has 2 rings (SSSR count). The highest BCUT2D eigenvalue weighted by Crippen LogP contribution is 2.22. The Kier molecular flexibility index (Phi) is 8.14. The Bertz CT molecular complexity index is 464. The number of ether oxygens (including phenoxy) is 2. The maximum Gasteiger partial charge on any atom is 0.250 e. The lowest BCUT2D eigenvalue weighted by atomic mass is 10.0. The van der Waals surface area contributed by atoms with E-state index < -0.39 is 6.10 Å². The highest BCUT2D eigenvalue weighted by molar-refractivity contribution is 6.30. The lowest BCUT2D eigenvalue weighted by molar-refractivity contribution is -0.135. The lowest BCUT2D eigenvalue weighted by Crippen LogP contribution is -2.50. The second-order valence-electron chi connectivity index (χ2n) is 5.07. The van der Waals surface area contributed by atoms with Gasteiger partial charge in [0.05, 0.1) is 12.6 Å². The largest absolute Gasteiger partial charge is 0.375 e. The molecule has 0 radical (unpaired) electrons. The monoisotopic (exact) mass is 348 g/mol. The van der Waals surface area contributed by atoms with E-state index in [1.54, 1.807) is 7.11 Å². The number of amides is 1. The van der Waals surface area contributed by atoms with Crippen molar-refractivity contribution in [1.29, 1.82) is 0 Å². The van der Waals surface area contributed by atoms with E-state index in [-0.39, 0.29) is 30.5 Å². The first-order valence-corrected chi connectivity index (χ1v) is 7.40. The highest BCUT2D eigenvalue weighted by Gasteiger charge is 2.26. The number of benzene rings is 1. The third-order valence-corrected chi connectivity index (χ3v) is 3.75. The molecule has 1 aromatic rings. The number of methoxy groups -OCH3 is 1. The van der Waals surface area contributed by atoms with Gasteiger partial charge in [0.1, 0.15) is 12.2 Å². The van der Waals surface area contributed by atoms with Gasteiger partial charge in [0.2, 0.25) is 0 Å². The van der Waals surface area contributed by atoms with Crippen molar-refractivity contribution in [2.24, 2.45) is 0 Å². The molecule has 124 valence electrons. The topological polar surface area (TPSA) is 59.6 Å².